The maximum atomic E-state index is 12.9. The van der Waals surface area contributed by atoms with Gasteiger partial charge in [0.05, 0.1) is 5.92 Å². The van der Waals surface area contributed by atoms with E-state index in [0.29, 0.717) is 6.54 Å². The van der Waals surface area contributed by atoms with Crippen LogP contribution in [-0.4, -0.2) is 18.4 Å². The fourth-order valence-corrected chi connectivity index (χ4v) is 3.85. The minimum atomic E-state index is -0.326. The number of carbonyl (C=O) groups excluding carboxylic acids is 2. The smallest absolute Gasteiger partial charge is 0.229 e. The van der Waals surface area contributed by atoms with Gasteiger partial charge in [-0.05, 0) is 49.4 Å². The van der Waals surface area contributed by atoms with Gasteiger partial charge in [0.25, 0.3) is 0 Å². The Labute approximate surface area is 161 Å². The standard InChI is InChI=1S/C23H28N2O2/c1-5-17-8-7-9-18(6-2)22(17)24-23(27)19-13-21(26)25(14-19)20-11-10-15(3)12-16(20)4/h7-12,19H,5-6,13-14H2,1-4H3,(H,24,27)/t19-/m1/s1. The van der Waals surface area contributed by atoms with E-state index in [0.717, 1.165) is 40.9 Å². The number of rotatable bonds is 5. The summed E-state index contributed by atoms with van der Waals surface area (Å²) in [5.41, 5.74) is 6.33. The molecule has 4 heteroatoms. The van der Waals surface area contributed by atoms with Gasteiger partial charge in [-0.2, -0.15) is 0 Å². The van der Waals surface area contributed by atoms with E-state index >= 15 is 0 Å². The summed E-state index contributed by atoms with van der Waals surface area (Å²) >= 11 is 0. The molecule has 1 fully saturated rings. The highest BCUT2D eigenvalue weighted by Crippen LogP contribution is 2.30. The Balaban J connectivity index is 1.79. The van der Waals surface area contributed by atoms with Gasteiger partial charge in [-0.1, -0.05) is 49.7 Å². The summed E-state index contributed by atoms with van der Waals surface area (Å²) in [6.45, 7) is 8.66. The van der Waals surface area contributed by atoms with Crippen LogP contribution in [0.3, 0.4) is 0 Å². The summed E-state index contributed by atoms with van der Waals surface area (Å²) in [5.74, 6) is -0.374. The molecule has 2 aromatic carbocycles. The zero-order chi connectivity index (χ0) is 19.6. The van der Waals surface area contributed by atoms with E-state index in [1.54, 1.807) is 4.90 Å². The van der Waals surface area contributed by atoms with Gasteiger partial charge in [0.15, 0.2) is 0 Å². The summed E-state index contributed by atoms with van der Waals surface area (Å²) in [6.07, 6.45) is 1.98. The third kappa shape index (κ3) is 3.90. The van der Waals surface area contributed by atoms with Crippen molar-refractivity contribution in [1.29, 1.82) is 0 Å². The van der Waals surface area contributed by atoms with Crippen LogP contribution >= 0.6 is 0 Å². The van der Waals surface area contributed by atoms with E-state index in [-0.39, 0.29) is 24.2 Å². The predicted octanol–water partition coefficient (Wildman–Crippen LogP) is 4.42. The fraction of sp³-hybridized carbons (Fsp3) is 0.391. The molecule has 3 rings (SSSR count). The number of nitrogens with zero attached hydrogens (tertiary/aromatic N) is 1. The summed E-state index contributed by atoms with van der Waals surface area (Å²) < 4.78 is 0. The van der Waals surface area contributed by atoms with Crippen LogP contribution in [0.1, 0.15) is 42.5 Å². The number of hydrogen-bond acceptors (Lipinski definition) is 2. The lowest BCUT2D eigenvalue weighted by atomic mass is 10.0. The quantitative estimate of drug-likeness (QED) is 0.854. The molecule has 1 atom stereocenters. The van der Waals surface area contributed by atoms with Crippen LogP contribution in [0.4, 0.5) is 11.4 Å². The Morgan fingerprint density at radius 2 is 1.78 bits per heavy atom. The number of hydrogen-bond donors (Lipinski definition) is 1. The molecule has 0 aliphatic carbocycles. The monoisotopic (exact) mass is 364 g/mol. The number of carbonyl (C=O) groups is 2. The van der Waals surface area contributed by atoms with Crippen molar-refractivity contribution in [1.82, 2.24) is 0 Å². The van der Waals surface area contributed by atoms with Gasteiger partial charge < -0.3 is 10.2 Å². The molecule has 1 aliphatic heterocycles. The molecule has 0 aromatic heterocycles. The lowest BCUT2D eigenvalue weighted by molar-refractivity contribution is -0.122. The first-order valence-electron chi connectivity index (χ1n) is 9.73. The largest absolute Gasteiger partial charge is 0.325 e. The highest BCUT2D eigenvalue weighted by molar-refractivity contribution is 6.04. The molecule has 1 heterocycles. The molecule has 0 unspecified atom stereocenters. The second-order valence-electron chi connectivity index (χ2n) is 7.34. The van der Waals surface area contributed by atoms with E-state index in [9.17, 15) is 9.59 Å². The molecule has 1 saturated heterocycles. The number of aryl methyl sites for hydroxylation is 4. The van der Waals surface area contributed by atoms with Crippen molar-refractivity contribution in [2.45, 2.75) is 47.0 Å². The molecule has 4 nitrogen and oxygen atoms in total. The Kier molecular flexibility index (Phi) is 5.64. The Morgan fingerprint density at radius 3 is 2.37 bits per heavy atom. The summed E-state index contributed by atoms with van der Waals surface area (Å²) in [7, 11) is 0. The zero-order valence-electron chi connectivity index (χ0n) is 16.6. The van der Waals surface area contributed by atoms with Crippen molar-refractivity contribution >= 4 is 23.2 Å². The predicted molar refractivity (Wildman–Crippen MR) is 110 cm³/mol. The van der Waals surface area contributed by atoms with Crippen molar-refractivity contribution < 1.29 is 9.59 Å². The van der Waals surface area contributed by atoms with E-state index in [1.165, 1.54) is 5.56 Å². The maximum Gasteiger partial charge on any atom is 0.229 e. The number of nitrogens with one attached hydrogen (secondary N) is 1. The Morgan fingerprint density at radius 1 is 1.11 bits per heavy atom. The third-order valence-corrected chi connectivity index (χ3v) is 5.39. The lowest BCUT2D eigenvalue weighted by Crippen LogP contribution is -2.29. The summed E-state index contributed by atoms with van der Waals surface area (Å²) in [6, 6.07) is 12.2. The number of amides is 2. The van der Waals surface area contributed by atoms with E-state index in [2.05, 4.69) is 37.4 Å². The topological polar surface area (TPSA) is 49.4 Å². The molecule has 0 radical (unpaired) electrons. The Hall–Kier alpha value is -2.62. The summed E-state index contributed by atoms with van der Waals surface area (Å²) in [5, 5.41) is 3.12. The van der Waals surface area contributed by atoms with Crippen molar-refractivity contribution in [3.8, 4) is 0 Å². The number of para-hydroxylation sites is 1. The molecule has 1 N–H and O–H groups in total. The SMILES string of the molecule is CCc1cccc(CC)c1NC(=O)[C@@H]1CC(=O)N(c2ccc(C)cc2C)C1. The molecular formula is C23H28N2O2. The molecule has 2 aromatic rings. The highest BCUT2D eigenvalue weighted by atomic mass is 16.2. The molecule has 2 amide bonds. The second-order valence-corrected chi connectivity index (χ2v) is 7.34. The van der Waals surface area contributed by atoms with Crippen LogP contribution in [0, 0.1) is 19.8 Å². The minimum absolute atomic E-state index is 0.0154. The average Bonchev–Trinajstić information content (AvgIpc) is 3.03. The molecule has 142 valence electrons. The highest BCUT2D eigenvalue weighted by Gasteiger charge is 2.36. The molecular weight excluding hydrogens is 336 g/mol. The Bertz CT molecular complexity index is 850. The van der Waals surface area contributed by atoms with Gasteiger partial charge in [0.2, 0.25) is 11.8 Å². The molecule has 27 heavy (non-hydrogen) atoms. The molecule has 0 saturated carbocycles. The van der Waals surface area contributed by atoms with Gasteiger partial charge in [-0.15, -0.1) is 0 Å². The first-order chi connectivity index (χ1) is 12.9. The van der Waals surface area contributed by atoms with Gasteiger partial charge in [-0.3, -0.25) is 9.59 Å². The van der Waals surface area contributed by atoms with Crippen molar-refractivity contribution in [3.63, 3.8) is 0 Å². The van der Waals surface area contributed by atoms with Gasteiger partial charge in [-0.25, -0.2) is 0 Å². The van der Waals surface area contributed by atoms with Crippen LogP contribution < -0.4 is 10.2 Å². The minimum Gasteiger partial charge on any atom is -0.325 e. The third-order valence-electron chi connectivity index (χ3n) is 5.39. The van der Waals surface area contributed by atoms with E-state index in [4.69, 9.17) is 0 Å². The van der Waals surface area contributed by atoms with Crippen molar-refractivity contribution in [2.24, 2.45) is 5.92 Å². The first kappa shape index (κ1) is 19.2. The van der Waals surface area contributed by atoms with Gasteiger partial charge >= 0.3 is 0 Å². The normalized spacial score (nSPS) is 16.7. The zero-order valence-corrected chi connectivity index (χ0v) is 16.6. The average molecular weight is 364 g/mol. The van der Waals surface area contributed by atoms with Crippen LogP contribution in [-0.2, 0) is 22.4 Å². The van der Waals surface area contributed by atoms with Gasteiger partial charge in [0, 0.05) is 24.3 Å². The van der Waals surface area contributed by atoms with Crippen LogP contribution in [0.25, 0.3) is 0 Å². The number of anilines is 2. The summed E-state index contributed by atoms with van der Waals surface area (Å²) in [4.78, 5) is 27.2. The van der Waals surface area contributed by atoms with Crippen LogP contribution in [0.5, 0.6) is 0 Å². The second kappa shape index (κ2) is 7.95. The van der Waals surface area contributed by atoms with Crippen LogP contribution in [0.15, 0.2) is 36.4 Å². The first-order valence-corrected chi connectivity index (χ1v) is 9.73. The van der Waals surface area contributed by atoms with Gasteiger partial charge in [0.1, 0.15) is 0 Å². The lowest BCUT2D eigenvalue weighted by Gasteiger charge is -2.20. The van der Waals surface area contributed by atoms with E-state index in [1.807, 2.05) is 32.0 Å². The van der Waals surface area contributed by atoms with E-state index < -0.39 is 0 Å². The van der Waals surface area contributed by atoms with Crippen LogP contribution in [0.2, 0.25) is 0 Å². The maximum absolute atomic E-state index is 12.9. The number of benzene rings is 2. The van der Waals surface area contributed by atoms with Crippen molar-refractivity contribution in [3.05, 3.63) is 58.7 Å². The molecule has 0 spiro atoms. The van der Waals surface area contributed by atoms with Crippen molar-refractivity contribution in [2.75, 3.05) is 16.8 Å². The molecule has 1 aliphatic rings. The molecule has 0 bridgehead atoms. The fourth-order valence-electron chi connectivity index (χ4n) is 3.85.